The number of ether oxygens (including phenoxy) is 2. The molecule has 154 valence electrons. The largest absolute Gasteiger partial charge is 0.493 e. The van der Waals surface area contributed by atoms with Crippen molar-refractivity contribution in [2.45, 2.75) is 19.9 Å². The van der Waals surface area contributed by atoms with Crippen LogP contribution in [0.25, 0.3) is 0 Å². The fraction of sp³-hybridized carbons (Fsp3) is 0.227. The third-order valence-corrected chi connectivity index (χ3v) is 5.16. The molecule has 0 bridgehead atoms. The average molecular weight is 405 g/mol. The Labute approximate surface area is 174 Å². The van der Waals surface area contributed by atoms with Crippen LogP contribution in [-0.2, 0) is 4.79 Å². The van der Waals surface area contributed by atoms with Crippen molar-refractivity contribution in [3.05, 3.63) is 71.2 Å². The molecule has 2 heterocycles. The van der Waals surface area contributed by atoms with Crippen molar-refractivity contribution in [3.8, 4) is 11.5 Å². The van der Waals surface area contributed by atoms with Gasteiger partial charge in [0.15, 0.2) is 11.5 Å². The first-order valence-electron chi connectivity index (χ1n) is 9.50. The molecule has 2 aromatic carbocycles. The Morgan fingerprint density at radius 3 is 2.63 bits per heavy atom. The van der Waals surface area contributed by atoms with E-state index in [1.165, 1.54) is 6.33 Å². The van der Waals surface area contributed by atoms with E-state index >= 15 is 0 Å². The van der Waals surface area contributed by atoms with Crippen LogP contribution in [0.1, 0.15) is 24.1 Å². The van der Waals surface area contributed by atoms with E-state index in [4.69, 9.17) is 9.47 Å². The average Bonchev–Trinajstić information content (AvgIpc) is 3.21. The topological polar surface area (TPSA) is 90.3 Å². The monoisotopic (exact) mass is 405 g/mol. The number of anilines is 2. The van der Waals surface area contributed by atoms with Gasteiger partial charge in [0, 0.05) is 16.9 Å². The number of hydrogen-bond acceptors (Lipinski definition) is 6. The minimum Gasteiger partial charge on any atom is -0.493 e. The lowest BCUT2D eigenvalue weighted by Gasteiger charge is -2.30. The number of nitrogens with zero attached hydrogens (tertiary/aromatic N) is 3. The Balaban J connectivity index is 1.84. The van der Waals surface area contributed by atoms with E-state index in [9.17, 15) is 4.79 Å². The van der Waals surface area contributed by atoms with E-state index in [-0.39, 0.29) is 5.91 Å². The number of fused-ring (bicyclic) bond motifs is 1. The third kappa shape index (κ3) is 3.26. The van der Waals surface area contributed by atoms with E-state index in [2.05, 4.69) is 20.7 Å². The van der Waals surface area contributed by atoms with Crippen molar-refractivity contribution < 1.29 is 14.3 Å². The van der Waals surface area contributed by atoms with Crippen molar-refractivity contribution in [2.75, 3.05) is 24.9 Å². The number of amides is 1. The van der Waals surface area contributed by atoms with Crippen molar-refractivity contribution in [1.82, 2.24) is 14.8 Å². The molecule has 30 heavy (non-hydrogen) atoms. The van der Waals surface area contributed by atoms with Gasteiger partial charge in [-0.2, -0.15) is 10.1 Å². The van der Waals surface area contributed by atoms with Gasteiger partial charge in [-0.15, -0.1) is 0 Å². The van der Waals surface area contributed by atoms with E-state index in [1.807, 2.05) is 56.3 Å². The molecule has 0 spiro atoms. The molecule has 1 amide bonds. The van der Waals surface area contributed by atoms with Crippen molar-refractivity contribution in [1.29, 1.82) is 0 Å². The van der Waals surface area contributed by atoms with Gasteiger partial charge in [-0.3, -0.25) is 4.79 Å². The second kappa shape index (κ2) is 7.90. The summed E-state index contributed by atoms with van der Waals surface area (Å²) in [6.45, 7) is 3.80. The fourth-order valence-corrected chi connectivity index (χ4v) is 3.70. The van der Waals surface area contributed by atoms with Crippen LogP contribution in [0.3, 0.4) is 0 Å². The van der Waals surface area contributed by atoms with Crippen molar-refractivity contribution in [2.24, 2.45) is 0 Å². The summed E-state index contributed by atoms with van der Waals surface area (Å²) >= 11 is 0. The van der Waals surface area contributed by atoms with Crippen molar-refractivity contribution >= 4 is 17.5 Å². The third-order valence-electron chi connectivity index (χ3n) is 5.16. The zero-order valence-electron chi connectivity index (χ0n) is 17.3. The number of carbonyl (C=O) groups is 1. The summed E-state index contributed by atoms with van der Waals surface area (Å²) in [6, 6.07) is 12.7. The minimum absolute atomic E-state index is 0.231. The highest BCUT2D eigenvalue weighted by Gasteiger charge is 2.36. The molecule has 0 fully saturated rings. The minimum atomic E-state index is -0.544. The SMILES string of the molecule is COc1cccc(C2C(C(=O)Nc3ccccc3C)=C(C)Nc3ncnn32)c1OC. The summed E-state index contributed by atoms with van der Waals surface area (Å²) in [5, 5.41) is 10.6. The molecule has 1 unspecified atom stereocenters. The Morgan fingerprint density at radius 1 is 1.10 bits per heavy atom. The zero-order valence-corrected chi connectivity index (χ0v) is 17.3. The predicted molar refractivity (Wildman–Crippen MR) is 114 cm³/mol. The van der Waals surface area contributed by atoms with Crippen molar-refractivity contribution in [3.63, 3.8) is 0 Å². The summed E-state index contributed by atoms with van der Waals surface area (Å²) in [4.78, 5) is 17.7. The lowest BCUT2D eigenvalue weighted by atomic mass is 9.93. The number of aryl methyl sites for hydroxylation is 1. The molecule has 0 saturated heterocycles. The van der Waals surface area contributed by atoms with Crippen LogP contribution in [0.5, 0.6) is 11.5 Å². The first kappa shape index (κ1) is 19.5. The number of rotatable bonds is 5. The standard InChI is InChI=1S/C22H23N5O3/c1-13-8-5-6-10-16(13)26-21(28)18-14(2)25-22-23-12-24-27(22)19(18)15-9-7-11-17(29-3)20(15)30-4/h5-12,19H,1-4H3,(H,26,28)(H,23,24,25). The number of para-hydroxylation sites is 2. The number of aromatic nitrogens is 3. The number of nitrogens with one attached hydrogen (secondary N) is 2. The molecule has 1 atom stereocenters. The number of methoxy groups -OCH3 is 2. The molecule has 1 aliphatic heterocycles. The first-order chi connectivity index (χ1) is 14.5. The summed E-state index contributed by atoms with van der Waals surface area (Å²) in [5.41, 5.74) is 3.69. The van der Waals surface area contributed by atoms with Crippen LogP contribution in [-0.4, -0.2) is 34.9 Å². The number of allylic oxidation sites excluding steroid dienone is 1. The van der Waals surface area contributed by atoms with Gasteiger partial charge in [0.2, 0.25) is 5.95 Å². The molecule has 2 N–H and O–H groups in total. The Bertz CT molecular complexity index is 1140. The summed E-state index contributed by atoms with van der Waals surface area (Å²) < 4.78 is 12.8. The zero-order chi connectivity index (χ0) is 21.3. The first-order valence-corrected chi connectivity index (χ1v) is 9.50. The molecular formula is C22H23N5O3. The molecule has 0 aliphatic carbocycles. The van der Waals surface area contributed by atoms with Crippen LogP contribution in [0.4, 0.5) is 11.6 Å². The molecule has 0 radical (unpaired) electrons. The van der Waals surface area contributed by atoms with Crippen LogP contribution in [0, 0.1) is 6.92 Å². The molecule has 1 aliphatic rings. The van der Waals surface area contributed by atoms with E-state index in [0.29, 0.717) is 28.7 Å². The molecule has 3 aromatic rings. The van der Waals surface area contributed by atoms with Gasteiger partial charge in [-0.1, -0.05) is 30.3 Å². The lowest BCUT2D eigenvalue weighted by Crippen LogP contribution is -2.32. The van der Waals surface area contributed by atoms with Gasteiger partial charge >= 0.3 is 0 Å². The van der Waals surface area contributed by atoms with Gasteiger partial charge in [0.1, 0.15) is 12.4 Å². The number of carbonyl (C=O) groups excluding carboxylic acids is 1. The smallest absolute Gasteiger partial charge is 0.255 e. The van der Waals surface area contributed by atoms with E-state index in [1.54, 1.807) is 18.9 Å². The summed E-state index contributed by atoms with van der Waals surface area (Å²) in [5.74, 6) is 1.44. The molecular weight excluding hydrogens is 382 g/mol. The number of benzene rings is 2. The highest BCUT2D eigenvalue weighted by molar-refractivity contribution is 6.06. The van der Waals surface area contributed by atoms with E-state index in [0.717, 1.165) is 16.8 Å². The Morgan fingerprint density at radius 2 is 1.90 bits per heavy atom. The highest BCUT2D eigenvalue weighted by atomic mass is 16.5. The van der Waals surface area contributed by atoms with Crippen LogP contribution in [0.2, 0.25) is 0 Å². The van der Waals surface area contributed by atoms with Crippen LogP contribution < -0.4 is 20.1 Å². The second-order valence-corrected chi connectivity index (χ2v) is 6.95. The fourth-order valence-electron chi connectivity index (χ4n) is 3.70. The summed E-state index contributed by atoms with van der Waals surface area (Å²) in [6.07, 6.45) is 1.46. The quantitative estimate of drug-likeness (QED) is 0.675. The highest BCUT2D eigenvalue weighted by Crippen LogP contribution is 2.42. The van der Waals surface area contributed by atoms with Gasteiger partial charge in [-0.25, -0.2) is 4.68 Å². The number of hydrogen-bond donors (Lipinski definition) is 2. The van der Waals surface area contributed by atoms with Gasteiger partial charge in [0.25, 0.3) is 5.91 Å². The van der Waals surface area contributed by atoms with Gasteiger partial charge < -0.3 is 20.1 Å². The second-order valence-electron chi connectivity index (χ2n) is 6.95. The predicted octanol–water partition coefficient (Wildman–Crippen LogP) is 3.53. The van der Waals surface area contributed by atoms with Crippen LogP contribution in [0.15, 0.2) is 60.1 Å². The molecule has 0 saturated carbocycles. The normalized spacial score (nSPS) is 15.3. The van der Waals surface area contributed by atoms with E-state index < -0.39 is 6.04 Å². The summed E-state index contributed by atoms with van der Waals surface area (Å²) in [7, 11) is 3.16. The maximum Gasteiger partial charge on any atom is 0.255 e. The Hall–Kier alpha value is -3.81. The maximum atomic E-state index is 13.5. The van der Waals surface area contributed by atoms with Crippen LogP contribution >= 0.6 is 0 Å². The van der Waals surface area contributed by atoms with Gasteiger partial charge in [-0.05, 0) is 31.5 Å². The lowest BCUT2D eigenvalue weighted by molar-refractivity contribution is -0.113. The molecule has 8 nitrogen and oxygen atoms in total. The Kier molecular flexibility index (Phi) is 5.14. The molecule has 1 aromatic heterocycles. The molecule has 8 heteroatoms. The van der Waals surface area contributed by atoms with Gasteiger partial charge in [0.05, 0.1) is 19.8 Å². The molecule has 4 rings (SSSR count). The maximum absolute atomic E-state index is 13.5.